The smallest absolute Gasteiger partial charge is 0.300 e. The highest BCUT2D eigenvalue weighted by atomic mass is 32.2. The molecule has 0 bridgehead atoms. The first-order chi connectivity index (χ1) is 16.6. The number of aliphatic hydroxyl groups is 1. The van der Waals surface area contributed by atoms with Crippen LogP contribution < -0.4 is 9.64 Å². The Bertz CT molecular complexity index is 1440. The second-order valence-corrected chi connectivity index (χ2v) is 10.3. The monoisotopic (exact) mass is 492 g/mol. The second kappa shape index (κ2) is 9.65. The Morgan fingerprint density at radius 1 is 0.943 bits per heavy atom. The summed E-state index contributed by atoms with van der Waals surface area (Å²) in [5.41, 5.74) is 4.44. The summed E-state index contributed by atoms with van der Waals surface area (Å²) in [7, 11) is -0.192. The van der Waals surface area contributed by atoms with Gasteiger partial charge in [0.25, 0.3) is 0 Å². The largest absolute Gasteiger partial charge is 0.459 e. The zero-order chi connectivity index (χ0) is 25.2. The van der Waals surface area contributed by atoms with E-state index in [1.807, 2.05) is 68.4 Å². The first-order valence-electron chi connectivity index (χ1n) is 11.1. The summed E-state index contributed by atoms with van der Waals surface area (Å²) < 4.78 is 36.7. The van der Waals surface area contributed by atoms with E-state index >= 15 is 0 Å². The van der Waals surface area contributed by atoms with Gasteiger partial charge in [0.1, 0.15) is 12.4 Å². The van der Waals surface area contributed by atoms with Crippen molar-refractivity contribution in [3.05, 3.63) is 84.4 Å². The highest BCUT2D eigenvalue weighted by Gasteiger charge is 2.34. The minimum Gasteiger partial charge on any atom is -0.459 e. The number of hydrogen-bond acceptors (Lipinski definition) is 7. The standard InChI is InChI=1S/C27H28N2O5S/c1-19-5-14-24(15-6-19)35(31,32)34-27(2,18-30)33-23-13-9-21-10-16-25(28-26(21)17-23)20-7-11-22(12-8-20)29(3)4/h5-17,30H,18H2,1-4H3. The molecule has 0 radical (unpaired) electrons. The summed E-state index contributed by atoms with van der Waals surface area (Å²) in [6.07, 6.45) is 0. The Morgan fingerprint density at radius 2 is 1.60 bits per heavy atom. The summed E-state index contributed by atoms with van der Waals surface area (Å²) in [4.78, 5) is 6.76. The maximum absolute atomic E-state index is 12.8. The molecule has 0 aliphatic rings. The van der Waals surface area contributed by atoms with Gasteiger partial charge in [-0.3, -0.25) is 0 Å². The van der Waals surface area contributed by atoms with E-state index in [1.54, 1.807) is 24.3 Å². The summed E-state index contributed by atoms with van der Waals surface area (Å²) in [6, 6.07) is 23.4. The van der Waals surface area contributed by atoms with Crippen molar-refractivity contribution in [3.8, 4) is 17.0 Å². The molecular formula is C27H28N2O5S. The molecule has 1 aromatic heterocycles. The van der Waals surface area contributed by atoms with Gasteiger partial charge in [0.15, 0.2) is 0 Å². The van der Waals surface area contributed by atoms with Crippen molar-refractivity contribution in [1.82, 2.24) is 4.98 Å². The molecule has 0 spiro atoms. The van der Waals surface area contributed by atoms with Crippen LogP contribution in [-0.2, 0) is 14.3 Å². The Balaban J connectivity index is 1.60. The number of nitrogens with zero attached hydrogens (tertiary/aromatic N) is 2. The number of aromatic nitrogens is 1. The average molecular weight is 493 g/mol. The van der Waals surface area contributed by atoms with Crippen LogP contribution in [0.1, 0.15) is 12.5 Å². The lowest BCUT2D eigenvalue weighted by molar-refractivity contribution is -0.125. The highest BCUT2D eigenvalue weighted by Crippen LogP contribution is 2.29. The Morgan fingerprint density at radius 3 is 2.23 bits per heavy atom. The van der Waals surface area contributed by atoms with E-state index in [4.69, 9.17) is 13.9 Å². The molecule has 182 valence electrons. The second-order valence-electron chi connectivity index (χ2n) is 8.74. The van der Waals surface area contributed by atoms with Crippen LogP contribution in [-0.4, -0.2) is 45.0 Å². The number of aliphatic hydroxyl groups excluding tert-OH is 1. The van der Waals surface area contributed by atoms with E-state index in [0.29, 0.717) is 11.3 Å². The Labute approximate surface area is 205 Å². The Kier molecular flexibility index (Phi) is 6.80. The maximum atomic E-state index is 12.8. The van der Waals surface area contributed by atoms with Gasteiger partial charge in [0, 0.05) is 43.7 Å². The van der Waals surface area contributed by atoms with Crippen molar-refractivity contribution in [2.45, 2.75) is 24.5 Å². The molecule has 1 heterocycles. The van der Waals surface area contributed by atoms with Crippen LogP contribution in [0, 0.1) is 6.92 Å². The normalized spacial score (nSPS) is 13.4. The molecule has 0 saturated carbocycles. The maximum Gasteiger partial charge on any atom is 0.300 e. The van der Waals surface area contributed by atoms with Gasteiger partial charge in [0.05, 0.1) is 16.1 Å². The molecular weight excluding hydrogens is 464 g/mol. The lowest BCUT2D eigenvalue weighted by atomic mass is 10.1. The van der Waals surface area contributed by atoms with Gasteiger partial charge < -0.3 is 14.7 Å². The number of pyridine rings is 1. The van der Waals surface area contributed by atoms with Crippen LogP contribution in [0.3, 0.4) is 0 Å². The van der Waals surface area contributed by atoms with E-state index in [9.17, 15) is 13.5 Å². The molecule has 3 aromatic carbocycles. The van der Waals surface area contributed by atoms with Crippen LogP contribution in [0.4, 0.5) is 5.69 Å². The first-order valence-corrected chi connectivity index (χ1v) is 12.5. The van der Waals surface area contributed by atoms with Crippen LogP contribution in [0.2, 0.25) is 0 Å². The third kappa shape index (κ3) is 5.62. The minimum atomic E-state index is -4.17. The average Bonchev–Trinajstić information content (AvgIpc) is 2.83. The number of anilines is 1. The molecule has 0 fully saturated rings. The van der Waals surface area contributed by atoms with E-state index in [-0.39, 0.29) is 4.90 Å². The van der Waals surface area contributed by atoms with Gasteiger partial charge in [-0.2, -0.15) is 8.42 Å². The van der Waals surface area contributed by atoms with Gasteiger partial charge in [-0.25, -0.2) is 9.17 Å². The Hall–Kier alpha value is -3.46. The van der Waals surface area contributed by atoms with E-state index in [0.717, 1.165) is 27.9 Å². The molecule has 1 N–H and O–H groups in total. The zero-order valence-electron chi connectivity index (χ0n) is 20.1. The molecule has 0 saturated heterocycles. The van der Waals surface area contributed by atoms with Crippen molar-refractivity contribution in [2.24, 2.45) is 0 Å². The molecule has 8 heteroatoms. The van der Waals surface area contributed by atoms with Crippen molar-refractivity contribution in [3.63, 3.8) is 0 Å². The summed E-state index contributed by atoms with van der Waals surface area (Å²) >= 11 is 0. The fraction of sp³-hybridized carbons (Fsp3) is 0.222. The third-order valence-corrected chi connectivity index (χ3v) is 6.98. The lowest BCUT2D eigenvalue weighted by Crippen LogP contribution is -2.41. The van der Waals surface area contributed by atoms with Gasteiger partial charge in [-0.05, 0) is 49.4 Å². The summed E-state index contributed by atoms with van der Waals surface area (Å²) in [5, 5.41) is 10.8. The molecule has 1 unspecified atom stereocenters. The summed E-state index contributed by atoms with van der Waals surface area (Å²) in [6.45, 7) is 2.55. The molecule has 35 heavy (non-hydrogen) atoms. The van der Waals surface area contributed by atoms with Crippen molar-refractivity contribution in [1.29, 1.82) is 0 Å². The predicted octanol–water partition coefficient (Wildman–Crippen LogP) is 4.77. The third-order valence-electron chi connectivity index (χ3n) is 5.56. The van der Waals surface area contributed by atoms with Crippen LogP contribution >= 0.6 is 0 Å². The highest BCUT2D eigenvalue weighted by molar-refractivity contribution is 7.86. The van der Waals surface area contributed by atoms with Crippen LogP contribution in [0.25, 0.3) is 22.2 Å². The zero-order valence-corrected chi connectivity index (χ0v) is 20.9. The fourth-order valence-corrected chi connectivity index (χ4v) is 4.68. The summed E-state index contributed by atoms with van der Waals surface area (Å²) in [5.74, 6) is -1.50. The van der Waals surface area contributed by atoms with Crippen LogP contribution in [0.5, 0.6) is 5.75 Å². The molecule has 0 amide bonds. The van der Waals surface area contributed by atoms with Crippen molar-refractivity contribution < 1.29 is 22.4 Å². The SMILES string of the molecule is Cc1ccc(S(=O)(=O)OC(C)(CO)Oc2ccc3ccc(-c4ccc(N(C)C)cc4)nc3c2)cc1. The molecule has 4 aromatic rings. The van der Waals surface area contributed by atoms with Gasteiger partial charge in [0.2, 0.25) is 5.79 Å². The number of fused-ring (bicyclic) bond motifs is 1. The van der Waals surface area contributed by atoms with E-state index in [1.165, 1.54) is 19.1 Å². The molecule has 0 aliphatic heterocycles. The molecule has 4 rings (SSSR count). The number of hydrogen-bond donors (Lipinski definition) is 1. The minimum absolute atomic E-state index is 0.0171. The number of aryl methyl sites for hydroxylation is 1. The van der Waals surface area contributed by atoms with Gasteiger partial charge in [-0.1, -0.05) is 35.9 Å². The van der Waals surface area contributed by atoms with Crippen LogP contribution in [0.15, 0.2) is 83.8 Å². The quantitative estimate of drug-likeness (QED) is 0.280. The van der Waals surface area contributed by atoms with E-state index in [2.05, 4.69) is 0 Å². The van der Waals surface area contributed by atoms with E-state index < -0.39 is 22.5 Å². The van der Waals surface area contributed by atoms with Crippen molar-refractivity contribution in [2.75, 3.05) is 25.6 Å². The molecule has 7 nitrogen and oxygen atoms in total. The predicted molar refractivity (Wildman–Crippen MR) is 137 cm³/mol. The molecule has 0 aliphatic carbocycles. The number of rotatable bonds is 8. The number of benzene rings is 3. The van der Waals surface area contributed by atoms with Crippen molar-refractivity contribution >= 4 is 26.7 Å². The number of ether oxygens (including phenoxy) is 1. The lowest BCUT2D eigenvalue weighted by Gasteiger charge is -2.28. The topological polar surface area (TPSA) is 89.0 Å². The molecule has 1 atom stereocenters. The van der Waals surface area contributed by atoms with Gasteiger partial charge >= 0.3 is 10.1 Å². The van der Waals surface area contributed by atoms with Gasteiger partial charge in [-0.15, -0.1) is 0 Å². The first kappa shape index (κ1) is 24.7. The fourth-order valence-electron chi connectivity index (χ4n) is 3.56.